The molecular weight excluding hydrogens is 244 g/mol. The number of nitrogens with two attached hydrogens (primary N) is 1. The van der Waals surface area contributed by atoms with Crippen molar-refractivity contribution >= 4 is 27.5 Å². The molecule has 3 N–H and O–H groups in total. The number of sulfonamides is 1. The largest absolute Gasteiger partial charge is 0.384 e. The summed E-state index contributed by atoms with van der Waals surface area (Å²) in [6, 6.07) is 6.67. The Bertz CT molecular complexity index is 432. The van der Waals surface area contributed by atoms with Gasteiger partial charge in [0, 0.05) is 6.54 Å². The van der Waals surface area contributed by atoms with E-state index < -0.39 is 10.0 Å². The minimum Gasteiger partial charge on any atom is -0.384 e. The number of benzene rings is 1. The lowest BCUT2D eigenvalue weighted by Gasteiger charge is -2.09. The molecule has 90 valence electrons. The predicted molar refractivity (Wildman–Crippen MR) is 69.3 cm³/mol. The van der Waals surface area contributed by atoms with Gasteiger partial charge in [-0.3, -0.25) is 0 Å². The highest BCUT2D eigenvalue weighted by Crippen LogP contribution is 2.19. The van der Waals surface area contributed by atoms with Crippen LogP contribution in [0.5, 0.6) is 0 Å². The number of nitrogens with one attached hydrogen (secondary N) is 1. The van der Waals surface area contributed by atoms with E-state index in [1.807, 2.05) is 6.26 Å². The van der Waals surface area contributed by atoms with Crippen LogP contribution >= 0.6 is 11.8 Å². The monoisotopic (exact) mass is 260 g/mol. The number of rotatable bonds is 6. The summed E-state index contributed by atoms with van der Waals surface area (Å²) in [6.45, 7) is 0.743. The summed E-state index contributed by atoms with van der Waals surface area (Å²) < 4.78 is 22.6. The van der Waals surface area contributed by atoms with Crippen molar-refractivity contribution in [2.75, 3.05) is 23.9 Å². The number of primary sulfonamides is 1. The van der Waals surface area contributed by atoms with E-state index in [4.69, 9.17) is 5.14 Å². The fraction of sp³-hybridized carbons (Fsp3) is 0.400. The molecule has 0 aliphatic rings. The number of hydrogen-bond acceptors (Lipinski definition) is 4. The minimum atomic E-state index is -3.64. The van der Waals surface area contributed by atoms with Crippen molar-refractivity contribution in [3.8, 4) is 0 Å². The van der Waals surface area contributed by atoms with Gasteiger partial charge in [0.25, 0.3) is 0 Å². The van der Waals surface area contributed by atoms with Crippen LogP contribution in [0.15, 0.2) is 29.2 Å². The summed E-state index contributed by atoms with van der Waals surface area (Å²) in [5, 5.41) is 8.20. The molecule has 0 fully saturated rings. The van der Waals surface area contributed by atoms with Crippen LogP contribution in [0.2, 0.25) is 0 Å². The van der Waals surface area contributed by atoms with Crippen LogP contribution in [0.4, 0.5) is 5.69 Å². The molecule has 0 radical (unpaired) electrons. The van der Waals surface area contributed by atoms with Crippen molar-refractivity contribution in [3.63, 3.8) is 0 Å². The molecule has 16 heavy (non-hydrogen) atoms. The van der Waals surface area contributed by atoms with Gasteiger partial charge < -0.3 is 5.32 Å². The molecule has 0 heterocycles. The highest BCUT2D eigenvalue weighted by Gasteiger charge is 2.12. The van der Waals surface area contributed by atoms with E-state index in [0.29, 0.717) is 5.69 Å². The molecule has 0 bridgehead atoms. The second-order valence-corrected chi connectivity index (χ2v) is 5.83. The maximum Gasteiger partial charge on any atom is 0.240 e. The van der Waals surface area contributed by atoms with E-state index in [1.165, 1.54) is 6.07 Å². The van der Waals surface area contributed by atoms with E-state index >= 15 is 0 Å². The summed E-state index contributed by atoms with van der Waals surface area (Å²) >= 11 is 1.76. The van der Waals surface area contributed by atoms with E-state index in [1.54, 1.807) is 30.0 Å². The molecule has 1 rings (SSSR count). The third kappa shape index (κ3) is 4.03. The lowest BCUT2D eigenvalue weighted by molar-refractivity contribution is 0.598. The van der Waals surface area contributed by atoms with Gasteiger partial charge in [-0.1, -0.05) is 12.1 Å². The average molecular weight is 260 g/mol. The number of thioether (sulfide) groups is 1. The Kier molecular flexibility index (Phi) is 5.11. The molecule has 0 amide bonds. The maximum atomic E-state index is 11.3. The van der Waals surface area contributed by atoms with Crippen molar-refractivity contribution in [2.45, 2.75) is 11.3 Å². The lowest BCUT2D eigenvalue weighted by Crippen LogP contribution is -2.15. The Morgan fingerprint density at radius 1 is 1.38 bits per heavy atom. The maximum absolute atomic E-state index is 11.3. The van der Waals surface area contributed by atoms with E-state index in [2.05, 4.69) is 5.32 Å². The molecule has 1 aromatic rings. The topological polar surface area (TPSA) is 72.2 Å². The normalized spacial score (nSPS) is 11.4. The highest BCUT2D eigenvalue weighted by atomic mass is 32.2. The second-order valence-electron chi connectivity index (χ2n) is 3.31. The zero-order valence-corrected chi connectivity index (χ0v) is 10.8. The van der Waals surface area contributed by atoms with Gasteiger partial charge >= 0.3 is 0 Å². The zero-order chi connectivity index (χ0) is 12.0. The molecule has 0 aliphatic heterocycles. The average Bonchev–Trinajstić information content (AvgIpc) is 2.24. The van der Waals surface area contributed by atoms with Crippen LogP contribution in [-0.4, -0.2) is 27.0 Å². The summed E-state index contributed by atoms with van der Waals surface area (Å²) in [4.78, 5) is 0.152. The summed E-state index contributed by atoms with van der Waals surface area (Å²) in [5.41, 5.74) is 0.575. The Balaban J connectivity index is 2.73. The Hall–Kier alpha value is -0.720. The van der Waals surface area contributed by atoms with Gasteiger partial charge in [-0.2, -0.15) is 11.8 Å². The van der Waals surface area contributed by atoms with E-state index in [9.17, 15) is 8.42 Å². The second kappa shape index (κ2) is 6.12. The zero-order valence-electron chi connectivity index (χ0n) is 9.14. The fourth-order valence-corrected chi connectivity index (χ4v) is 2.45. The SMILES string of the molecule is CSCCCNc1ccccc1S(N)(=O)=O. The smallest absolute Gasteiger partial charge is 0.240 e. The first-order valence-electron chi connectivity index (χ1n) is 4.90. The Labute approximate surface area is 101 Å². The van der Waals surface area contributed by atoms with Gasteiger partial charge in [-0.05, 0) is 30.6 Å². The van der Waals surface area contributed by atoms with Crippen molar-refractivity contribution < 1.29 is 8.42 Å². The summed E-state index contributed by atoms with van der Waals surface area (Å²) in [7, 11) is -3.64. The third-order valence-corrected chi connectivity index (χ3v) is 3.70. The Morgan fingerprint density at radius 3 is 2.69 bits per heavy atom. The van der Waals surface area contributed by atoms with E-state index in [-0.39, 0.29) is 4.90 Å². The molecule has 0 saturated carbocycles. The molecule has 0 atom stereocenters. The van der Waals surface area contributed by atoms with Crippen LogP contribution < -0.4 is 10.5 Å². The molecular formula is C10H16N2O2S2. The molecule has 0 aliphatic carbocycles. The summed E-state index contributed by atoms with van der Waals surface area (Å²) in [5.74, 6) is 1.05. The lowest BCUT2D eigenvalue weighted by atomic mass is 10.3. The van der Waals surface area contributed by atoms with Crippen LogP contribution in [0.25, 0.3) is 0 Å². The van der Waals surface area contributed by atoms with Gasteiger partial charge in [0.15, 0.2) is 0 Å². The Morgan fingerprint density at radius 2 is 2.06 bits per heavy atom. The highest BCUT2D eigenvalue weighted by molar-refractivity contribution is 7.98. The van der Waals surface area contributed by atoms with Crippen LogP contribution in [0.3, 0.4) is 0 Å². The quantitative estimate of drug-likeness (QED) is 0.760. The first kappa shape index (κ1) is 13.3. The number of hydrogen-bond donors (Lipinski definition) is 2. The number of para-hydroxylation sites is 1. The predicted octanol–water partition coefficient (Wildman–Crippen LogP) is 1.50. The van der Waals surface area contributed by atoms with Crippen molar-refractivity contribution in [1.82, 2.24) is 0 Å². The van der Waals surface area contributed by atoms with Crippen LogP contribution in [0, 0.1) is 0 Å². The molecule has 0 aromatic heterocycles. The first-order chi connectivity index (χ1) is 7.55. The third-order valence-electron chi connectivity index (χ3n) is 2.03. The summed E-state index contributed by atoms with van der Waals surface area (Å²) in [6.07, 6.45) is 3.03. The van der Waals surface area contributed by atoms with E-state index in [0.717, 1.165) is 18.7 Å². The van der Waals surface area contributed by atoms with Crippen LogP contribution in [0.1, 0.15) is 6.42 Å². The molecule has 0 spiro atoms. The van der Waals surface area contributed by atoms with Gasteiger partial charge in [0.1, 0.15) is 4.90 Å². The van der Waals surface area contributed by atoms with Crippen LogP contribution in [-0.2, 0) is 10.0 Å². The van der Waals surface area contributed by atoms with Gasteiger partial charge in [0.05, 0.1) is 5.69 Å². The van der Waals surface area contributed by atoms with Crippen molar-refractivity contribution in [1.29, 1.82) is 0 Å². The molecule has 1 aromatic carbocycles. The number of anilines is 1. The molecule has 0 unspecified atom stereocenters. The fourth-order valence-electron chi connectivity index (χ4n) is 1.30. The molecule has 6 heteroatoms. The van der Waals surface area contributed by atoms with Gasteiger partial charge in [-0.25, -0.2) is 13.6 Å². The standard InChI is InChI=1S/C10H16N2O2S2/c1-15-8-4-7-12-9-5-2-3-6-10(9)16(11,13)14/h2-3,5-6,12H,4,7-8H2,1H3,(H2,11,13,14). The first-order valence-corrected chi connectivity index (χ1v) is 7.84. The van der Waals surface area contributed by atoms with Crippen molar-refractivity contribution in [2.24, 2.45) is 5.14 Å². The van der Waals surface area contributed by atoms with Gasteiger partial charge in [0.2, 0.25) is 10.0 Å². The molecule has 4 nitrogen and oxygen atoms in total. The minimum absolute atomic E-state index is 0.152. The van der Waals surface area contributed by atoms with Gasteiger partial charge in [-0.15, -0.1) is 0 Å². The van der Waals surface area contributed by atoms with Crippen molar-refractivity contribution in [3.05, 3.63) is 24.3 Å². The molecule has 0 saturated heterocycles.